The van der Waals surface area contributed by atoms with E-state index >= 15 is 0 Å². The van der Waals surface area contributed by atoms with Crippen LogP contribution >= 0.6 is 23.2 Å². The molecule has 0 heterocycles. The molecule has 1 unspecified atom stereocenters. The van der Waals surface area contributed by atoms with Crippen molar-refractivity contribution in [2.45, 2.75) is 18.6 Å². The SMILES string of the molecule is NC(CN(Cc1ccccc1)C(=O)O)C(=O)NC(c1ccc(Cl)cc1)c1ccc(Cl)cc1. The van der Waals surface area contributed by atoms with Gasteiger partial charge in [0.1, 0.15) is 6.04 Å². The van der Waals surface area contributed by atoms with Crippen molar-refractivity contribution in [2.75, 3.05) is 6.54 Å². The van der Waals surface area contributed by atoms with Gasteiger partial charge < -0.3 is 21.1 Å². The zero-order valence-electron chi connectivity index (χ0n) is 17.1. The van der Waals surface area contributed by atoms with E-state index in [0.29, 0.717) is 10.0 Å². The van der Waals surface area contributed by atoms with Crippen molar-refractivity contribution in [3.05, 3.63) is 106 Å². The molecule has 0 aromatic heterocycles. The summed E-state index contributed by atoms with van der Waals surface area (Å²) in [6.45, 7) is -0.0149. The van der Waals surface area contributed by atoms with Crippen molar-refractivity contribution in [1.29, 1.82) is 0 Å². The molecular weight excluding hydrogens is 449 g/mol. The largest absolute Gasteiger partial charge is 0.465 e. The fourth-order valence-electron chi connectivity index (χ4n) is 3.25. The zero-order valence-corrected chi connectivity index (χ0v) is 18.6. The van der Waals surface area contributed by atoms with Crippen molar-refractivity contribution in [2.24, 2.45) is 5.73 Å². The molecule has 2 amide bonds. The van der Waals surface area contributed by atoms with Crippen molar-refractivity contribution >= 4 is 35.2 Å². The minimum Gasteiger partial charge on any atom is -0.465 e. The van der Waals surface area contributed by atoms with Crippen LogP contribution in [-0.2, 0) is 11.3 Å². The number of amides is 2. The van der Waals surface area contributed by atoms with Crippen LogP contribution in [0.15, 0.2) is 78.9 Å². The van der Waals surface area contributed by atoms with Crippen molar-refractivity contribution < 1.29 is 14.7 Å². The molecule has 0 bridgehead atoms. The number of nitrogens with zero attached hydrogens (tertiary/aromatic N) is 1. The summed E-state index contributed by atoms with van der Waals surface area (Å²) in [7, 11) is 0. The highest BCUT2D eigenvalue weighted by Crippen LogP contribution is 2.25. The van der Waals surface area contributed by atoms with Crippen molar-refractivity contribution in [3.8, 4) is 0 Å². The summed E-state index contributed by atoms with van der Waals surface area (Å²) in [4.78, 5) is 25.8. The van der Waals surface area contributed by atoms with Crippen LogP contribution in [-0.4, -0.2) is 34.6 Å². The maximum Gasteiger partial charge on any atom is 0.407 e. The first kappa shape index (κ1) is 23.6. The van der Waals surface area contributed by atoms with E-state index in [9.17, 15) is 14.7 Å². The highest BCUT2D eigenvalue weighted by atomic mass is 35.5. The molecule has 0 aliphatic carbocycles. The summed E-state index contributed by atoms with van der Waals surface area (Å²) in [5.41, 5.74) is 8.52. The number of halogens is 2. The van der Waals surface area contributed by atoms with Crippen molar-refractivity contribution in [1.82, 2.24) is 10.2 Å². The number of hydrogen-bond acceptors (Lipinski definition) is 3. The standard InChI is InChI=1S/C24H23Cl2N3O3/c25-19-10-6-17(7-11-19)22(18-8-12-20(26)13-9-18)28-23(30)21(27)15-29(24(31)32)14-16-4-2-1-3-5-16/h1-13,21-22H,14-15,27H2,(H,28,30)(H,31,32). The van der Waals surface area contributed by atoms with Gasteiger partial charge in [0.2, 0.25) is 5.91 Å². The molecule has 4 N–H and O–H groups in total. The summed E-state index contributed by atoms with van der Waals surface area (Å²) < 4.78 is 0. The molecule has 32 heavy (non-hydrogen) atoms. The predicted molar refractivity (Wildman–Crippen MR) is 126 cm³/mol. The first-order valence-corrected chi connectivity index (χ1v) is 10.7. The molecule has 1 atom stereocenters. The molecule has 0 saturated heterocycles. The van der Waals surface area contributed by atoms with Gasteiger partial charge in [-0.3, -0.25) is 4.79 Å². The average molecular weight is 472 g/mol. The molecule has 0 aliphatic rings. The molecule has 0 fully saturated rings. The number of carboxylic acid groups (broad SMARTS) is 1. The van der Waals surface area contributed by atoms with E-state index in [1.165, 1.54) is 0 Å². The van der Waals surface area contributed by atoms with Crippen LogP contribution in [0.2, 0.25) is 10.0 Å². The molecule has 0 saturated carbocycles. The smallest absolute Gasteiger partial charge is 0.407 e. The molecular formula is C24H23Cl2N3O3. The molecule has 3 aromatic rings. The number of carbonyl (C=O) groups excluding carboxylic acids is 1. The Morgan fingerprint density at radius 3 is 1.84 bits per heavy atom. The lowest BCUT2D eigenvalue weighted by Gasteiger charge is -2.25. The Hall–Kier alpha value is -3.06. The summed E-state index contributed by atoms with van der Waals surface area (Å²) >= 11 is 12.0. The number of benzene rings is 3. The number of nitrogens with one attached hydrogen (secondary N) is 1. The van der Waals surface area contributed by atoms with Gasteiger partial charge in [-0.25, -0.2) is 4.79 Å². The van der Waals surface area contributed by atoms with E-state index in [1.54, 1.807) is 24.3 Å². The summed E-state index contributed by atoms with van der Waals surface area (Å²) in [5, 5.41) is 13.6. The Morgan fingerprint density at radius 1 is 0.875 bits per heavy atom. The normalized spacial score (nSPS) is 11.8. The van der Waals surface area contributed by atoms with Crippen LogP contribution < -0.4 is 11.1 Å². The van der Waals surface area contributed by atoms with Gasteiger partial charge in [-0.05, 0) is 41.0 Å². The molecule has 166 valence electrons. The van der Waals surface area contributed by atoms with Gasteiger partial charge in [-0.15, -0.1) is 0 Å². The lowest BCUT2D eigenvalue weighted by molar-refractivity contribution is -0.123. The number of rotatable bonds is 8. The third-order valence-electron chi connectivity index (χ3n) is 4.93. The topological polar surface area (TPSA) is 95.7 Å². The second kappa shape index (κ2) is 11.0. The Kier molecular flexibility index (Phi) is 8.11. The summed E-state index contributed by atoms with van der Waals surface area (Å²) in [5.74, 6) is -0.473. The highest BCUT2D eigenvalue weighted by molar-refractivity contribution is 6.30. The van der Waals surface area contributed by atoms with E-state index in [-0.39, 0.29) is 13.1 Å². The van der Waals surface area contributed by atoms with Crippen LogP contribution in [0.5, 0.6) is 0 Å². The van der Waals surface area contributed by atoms with Gasteiger partial charge in [0.15, 0.2) is 0 Å². The van der Waals surface area contributed by atoms with Crippen LogP contribution in [0.25, 0.3) is 0 Å². The van der Waals surface area contributed by atoms with Gasteiger partial charge in [0.25, 0.3) is 0 Å². The molecule has 0 spiro atoms. The lowest BCUT2D eigenvalue weighted by atomic mass is 9.98. The molecule has 0 radical (unpaired) electrons. The number of carbonyl (C=O) groups is 2. The number of nitrogens with two attached hydrogens (primary N) is 1. The second-order valence-corrected chi connectivity index (χ2v) is 8.17. The maximum atomic E-state index is 12.9. The minimum atomic E-state index is -1.15. The maximum absolute atomic E-state index is 12.9. The van der Waals surface area contributed by atoms with Gasteiger partial charge >= 0.3 is 6.09 Å². The highest BCUT2D eigenvalue weighted by Gasteiger charge is 2.25. The molecule has 6 nitrogen and oxygen atoms in total. The van der Waals surface area contributed by atoms with E-state index in [0.717, 1.165) is 21.6 Å². The zero-order chi connectivity index (χ0) is 23.1. The van der Waals surface area contributed by atoms with Crippen LogP contribution in [0, 0.1) is 0 Å². The third-order valence-corrected chi connectivity index (χ3v) is 5.44. The second-order valence-electron chi connectivity index (χ2n) is 7.30. The Morgan fingerprint density at radius 2 is 1.38 bits per heavy atom. The Balaban J connectivity index is 1.76. The molecule has 3 rings (SSSR count). The van der Waals surface area contributed by atoms with Crippen LogP contribution in [0.4, 0.5) is 4.79 Å². The van der Waals surface area contributed by atoms with E-state index in [4.69, 9.17) is 28.9 Å². The quantitative estimate of drug-likeness (QED) is 0.443. The summed E-state index contributed by atoms with van der Waals surface area (Å²) in [6.07, 6.45) is -1.15. The lowest BCUT2D eigenvalue weighted by Crippen LogP contribution is -2.50. The number of hydrogen-bond donors (Lipinski definition) is 3. The van der Waals surface area contributed by atoms with Gasteiger partial charge in [0, 0.05) is 23.1 Å². The van der Waals surface area contributed by atoms with E-state index in [2.05, 4.69) is 5.32 Å². The average Bonchev–Trinajstić information content (AvgIpc) is 2.79. The fourth-order valence-corrected chi connectivity index (χ4v) is 3.51. The third kappa shape index (κ3) is 6.47. The van der Waals surface area contributed by atoms with Gasteiger partial charge in [-0.2, -0.15) is 0 Å². The monoisotopic (exact) mass is 471 g/mol. The first-order chi connectivity index (χ1) is 15.3. The van der Waals surface area contributed by atoms with E-state index in [1.807, 2.05) is 54.6 Å². The van der Waals surface area contributed by atoms with Gasteiger partial charge in [0.05, 0.1) is 6.04 Å². The van der Waals surface area contributed by atoms with Crippen LogP contribution in [0.3, 0.4) is 0 Å². The van der Waals surface area contributed by atoms with Crippen molar-refractivity contribution in [3.63, 3.8) is 0 Å². The Labute approximate surface area is 196 Å². The van der Waals surface area contributed by atoms with Crippen LogP contribution in [0.1, 0.15) is 22.7 Å². The van der Waals surface area contributed by atoms with Gasteiger partial charge in [-0.1, -0.05) is 77.8 Å². The Bertz CT molecular complexity index is 999. The molecule has 0 aliphatic heterocycles. The molecule has 3 aromatic carbocycles. The summed E-state index contributed by atoms with van der Waals surface area (Å²) in [6, 6.07) is 21.8. The minimum absolute atomic E-state index is 0.134. The predicted octanol–water partition coefficient (Wildman–Crippen LogP) is 4.71. The van der Waals surface area contributed by atoms with E-state index < -0.39 is 24.1 Å². The first-order valence-electron chi connectivity index (χ1n) is 9.92. The molecule has 8 heteroatoms. The fraction of sp³-hybridized carbons (Fsp3) is 0.167.